The molecular formula is C13H21ClN2OS. The normalized spacial score (nSPS) is 9.67. The van der Waals surface area contributed by atoms with E-state index in [4.69, 9.17) is 5.73 Å². The third-order valence-corrected chi connectivity index (χ3v) is 3.36. The van der Waals surface area contributed by atoms with Crippen molar-refractivity contribution in [2.24, 2.45) is 5.73 Å². The average Bonchev–Trinajstić information content (AvgIpc) is 2.34. The molecule has 0 aliphatic rings. The number of carbonyl (C=O) groups excluding carboxylic acids is 1. The van der Waals surface area contributed by atoms with Crippen molar-refractivity contribution in [3.05, 3.63) is 29.8 Å². The van der Waals surface area contributed by atoms with Crippen molar-refractivity contribution in [1.82, 2.24) is 5.32 Å². The molecule has 5 heteroatoms. The van der Waals surface area contributed by atoms with Crippen LogP contribution in [0.5, 0.6) is 0 Å². The van der Waals surface area contributed by atoms with E-state index in [0.717, 1.165) is 24.3 Å². The Kier molecular flexibility index (Phi) is 9.83. The first-order valence-corrected chi connectivity index (χ1v) is 6.87. The monoisotopic (exact) mass is 288 g/mol. The van der Waals surface area contributed by atoms with E-state index in [1.165, 1.54) is 5.56 Å². The lowest BCUT2D eigenvalue weighted by molar-refractivity contribution is -0.118. The van der Waals surface area contributed by atoms with Gasteiger partial charge in [-0.2, -0.15) is 0 Å². The molecule has 0 saturated heterocycles. The van der Waals surface area contributed by atoms with Crippen LogP contribution in [0.25, 0.3) is 0 Å². The molecule has 18 heavy (non-hydrogen) atoms. The predicted molar refractivity (Wildman–Crippen MR) is 80.4 cm³/mol. The summed E-state index contributed by atoms with van der Waals surface area (Å²) >= 11 is 1.56. The molecule has 0 atom stereocenters. The zero-order valence-electron chi connectivity index (χ0n) is 10.6. The largest absolute Gasteiger partial charge is 0.355 e. The molecule has 1 aromatic rings. The highest BCUT2D eigenvalue weighted by molar-refractivity contribution is 8.00. The highest BCUT2D eigenvalue weighted by Gasteiger charge is 2.01. The second-order valence-corrected chi connectivity index (χ2v) is 5.00. The van der Waals surface area contributed by atoms with Gasteiger partial charge in [0, 0.05) is 11.4 Å². The third kappa shape index (κ3) is 7.58. The Morgan fingerprint density at radius 2 is 1.94 bits per heavy atom. The van der Waals surface area contributed by atoms with Gasteiger partial charge < -0.3 is 11.1 Å². The molecule has 1 amide bonds. The number of unbranched alkanes of at least 4 members (excludes halogenated alkanes) is 1. The molecule has 0 saturated carbocycles. The summed E-state index contributed by atoms with van der Waals surface area (Å²) in [6.07, 6.45) is 1.92. The van der Waals surface area contributed by atoms with Crippen LogP contribution in [0, 0.1) is 6.92 Å². The maximum atomic E-state index is 11.5. The van der Waals surface area contributed by atoms with Gasteiger partial charge in [-0.1, -0.05) is 17.7 Å². The van der Waals surface area contributed by atoms with Crippen LogP contribution in [0.4, 0.5) is 0 Å². The van der Waals surface area contributed by atoms with Crippen LogP contribution in [-0.4, -0.2) is 24.7 Å². The highest BCUT2D eigenvalue weighted by Crippen LogP contribution is 2.17. The van der Waals surface area contributed by atoms with Crippen molar-refractivity contribution in [1.29, 1.82) is 0 Å². The molecule has 102 valence electrons. The minimum atomic E-state index is 0. The fourth-order valence-corrected chi connectivity index (χ4v) is 2.06. The standard InChI is InChI=1S/C13H20N2OS.ClH/c1-11-4-6-12(7-5-11)17-10-13(16)15-9-3-2-8-14;/h4-7H,2-3,8-10,14H2,1H3,(H,15,16);1H. The van der Waals surface area contributed by atoms with E-state index in [1.54, 1.807) is 11.8 Å². The van der Waals surface area contributed by atoms with Gasteiger partial charge in [-0.05, 0) is 38.4 Å². The Hall–Kier alpha value is -0.710. The van der Waals surface area contributed by atoms with Gasteiger partial charge in [0.2, 0.25) is 5.91 Å². The van der Waals surface area contributed by atoms with Gasteiger partial charge in [-0.15, -0.1) is 24.2 Å². The van der Waals surface area contributed by atoms with Gasteiger partial charge in [0.25, 0.3) is 0 Å². The zero-order valence-corrected chi connectivity index (χ0v) is 12.3. The molecule has 0 fully saturated rings. The summed E-state index contributed by atoms with van der Waals surface area (Å²) in [6, 6.07) is 8.20. The van der Waals surface area contributed by atoms with Crippen molar-refractivity contribution in [3.63, 3.8) is 0 Å². The number of rotatable bonds is 7. The van der Waals surface area contributed by atoms with Gasteiger partial charge >= 0.3 is 0 Å². The van der Waals surface area contributed by atoms with Crippen LogP contribution < -0.4 is 11.1 Å². The molecule has 0 heterocycles. The lowest BCUT2D eigenvalue weighted by atomic mass is 10.2. The van der Waals surface area contributed by atoms with Gasteiger partial charge in [0.1, 0.15) is 0 Å². The maximum absolute atomic E-state index is 11.5. The second-order valence-electron chi connectivity index (χ2n) is 3.95. The molecule has 1 aromatic carbocycles. The third-order valence-electron chi connectivity index (χ3n) is 2.34. The van der Waals surface area contributed by atoms with Gasteiger partial charge in [-0.25, -0.2) is 0 Å². The minimum Gasteiger partial charge on any atom is -0.355 e. The van der Waals surface area contributed by atoms with Crippen molar-refractivity contribution >= 4 is 30.1 Å². The molecular weight excluding hydrogens is 268 g/mol. The summed E-state index contributed by atoms with van der Waals surface area (Å²) in [5.74, 6) is 0.568. The zero-order chi connectivity index (χ0) is 12.5. The van der Waals surface area contributed by atoms with Crippen molar-refractivity contribution < 1.29 is 4.79 Å². The minimum absolute atomic E-state index is 0. The molecule has 0 aliphatic carbocycles. The van der Waals surface area contributed by atoms with Crippen LogP contribution in [0.1, 0.15) is 18.4 Å². The number of hydrogen-bond acceptors (Lipinski definition) is 3. The van der Waals surface area contributed by atoms with E-state index >= 15 is 0 Å². The van der Waals surface area contributed by atoms with Crippen LogP contribution in [0.15, 0.2) is 29.2 Å². The number of amides is 1. The lowest BCUT2D eigenvalue weighted by Gasteiger charge is -2.04. The Bertz CT molecular complexity index is 343. The molecule has 0 unspecified atom stereocenters. The summed E-state index contributed by atoms with van der Waals surface area (Å²) in [4.78, 5) is 12.6. The Morgan fingerprint density at radius 1 is 1.28 bits per heavy atom. The summed E-state index contributed by atoms with van der Waals surface area (Å²) in [7, 11) is 0. The summed E-state index contributed by atoms with van der Waals surface area (Å²) in [5.41, 5.74) is 6.61. The number of nitrogens with two attached hydrogens (primary N) is 1. The van der Waals surface area contributed by atoms with E-state index in [-0.39, 0.29) is 18.3 Å². The summed E-state index contributed by atoms with van der Waals surface area (Å²) < 4.78 is 0. The second kappa shape index (κ2) is 10.2. The first-order valence-electron chi connectivity index (χ1n) is 5.88. The molecule has 1 rings (SSSR count). The van der Waals surface area contributed by atoms with E-state index in [9.17, 15) is 4.79 Å². The number of thioether (sulfide) groups is 1. The van der Waals surface area contributed by atoms with E-state index < -0.39 is 0 Å². The fourth-order valence-electron chi connectivity index (χ4n) is 1.33. The van der Waals surface area contributed by atoms with Crippen molar-refractivity contribution in [2.45, 2.75) is 24.7 Å². The number of benzene rings is 1. The SMILES string of the molecule is Cc1ccc(SCC(=O)NCCCCN)cc1.Cl. The fraction of sp³-hybridized carbons (Fsp3) is 0.462. The first-order chi connectivity index (χ1) is 8.22. The number of hydrogen-bond donors (Lipinski definition) is 2. The van der Waals surface area contributed by atoms with E-state index in [2.05, 4.69) is 24.4 Å². The van der Waals surface area contributed by atoms with Crippen LogP contribution >= 0.6 is 24.2 Å². The van der Waals surface area contributed by atoms with Gasteiger partial charge in [0.05, 0.1) is 5.75 Å². The molecule has 0 radical (unpaired) electrons. The van der Waals surface area contributed by atoms with Gasteiger partial charge in [-0.3, -0.25) is 4.79 Å². The lowest BCUT2D eigenvalue weighted by Crippen LogP contribution is -2.26. The first kappa shape index (κ1) is 17.3. The maximum Gasteiger partial charge on any atom is 0.230 e. The van der Waals surface area contributed by atoms with Crippen LogP contribution in [0.2, 0.25) is 0 Å². The topological polar surface area (TPSA) is 55.1 Å². The average molecular weight is 289 g/mol. The molecule has 3 N–H and O–H groups in total. The number of nitrogens with one attached hydrogen (secondary N) is 1. The molecule has 0 bridgehead atoms. The van der Waals surface area contributed by atoms with Crippen LogP contribution in [0.3, 0.4) is 0 Å². The molecule has 0 aliphatic heterocycles. The highest BCUT2D eigenvalue weighted by atomic mass is 35.5. The van der Waals surface area contributed by atoms with Crippen molar-refractivity contribution in [3.8, 4) is 0 Å². The number of aryl methyl sites for hydroxylation is 1. The number of carbonyl (C=O) groups is 1. The summed E-state index contributed by atoms with van der Waals surface area (Å²) in [5, 5.41) is 2.88. The number of halogens is 1. The molecule has 0 spiro atoms. The quantitative estimate of drug-likeness (QED) is 0.598. The molecule has 3 nitrogen and oxygen atoms in total. The predicted octanol–water partition coefficient (Wildman–Crippen LogP) is 2.36. The Morgan fingerprint density at radius 3 is 2.56 bits per heavy atom. The Labute approximate surface area is 119 Å². The smallest absolute Gasteiger partial charge is 0.230 e. The van der Waals surface area contributed by atoms with E-state index in [0.29, 0.717) is 12.3 Å². The van der Waals surface area contributed by atoms with Gasteiger partial charge in [0.15, 0.2) is 0 Å². The van der Waals surface area contributed by atoms with Crippen LogP contribution in [-0.2, 0) is 4.79 Å². The van der Waals surface area contributed by atoms with E-state index in [1.807, 2.05) is 12.1 Å². The van der Waals surface area contributed by atoms with Crippen molar-refractivity contribution in [2.75, 3.05) is 18.8 Å². The Balaban J connectivity index is 0.00000289. The molecule has 0 aromatic heterocycles. The summed E-state index contributed by atoms with van der Waals surface area (Å²) in [6.45, 7) is 3.47.